The van der Waals surface area contributed by atoms with Gasteiger partial charge < -0.3 is 15.8 Å². The zero-order valence-electron chi connectivity index (χ0n) is 16.4. The van der Waals surface area contributed by atoms with E-state index in [1.165, 1.54) is 0 Å². The van der Waals surface area contributed by atoms with Gasteiger partial charge in [0.1, 0.15) is 5.75 Å². The molecule has 2 atom stereocenters. The van der Waals surface area contributed by atoms with E-state index in [0.29, 0.717) is 23.9 Å². The number of primary amides is 1. The van der Waals surface area contributed by atoms with E-state index in [2.05, 4.69) is 10.2 Å². The number of ether oxygens (including phenoxy) is 1. The molecule has 1 aliphatic rings. The predicted octanol–water partition coefficient (Wildman–Crippen LogP) is 3.44. The molecule has 2 aromatic rings. The van der Waals surface area contributed by atoms with Gasteiger partial charge in [0, 0.05) is 23.8 Å². The maximum absolute atomic E-state index is 12.6. The van der Waals surface area contributed by atoms with Crippen molar-refractivity contribution in [2.75, 3.05) is 18.4 Å². The first-order valence-electron chi connectivity index (χ1n) is 9.75. The molecule has 3 N–H and O–H groups in total. The van der Waals surface area contributed by atoms with Crippen molar-refractivity contribution in [2.45, 2.75) is 32.4 Å². The summed E-state index contributed by atoms with van der Waals surface area (Å²) in [5.41, 5.74) is 7.21. The number of nitrogens with two attached hydrogens (primary N) is 1. The first kappa shape index (κ1) is 21.1. The zero-order valence-corrected chi connectivity index (χ0v) is 17.2. The molecular weight excluding hydrogens is 390 g/mol. The van der Waals surface area contributed by atoms with Crippen LogP contribution in [0.3, 0.4) is 0 Å². The van der Waals surface area contributed by atoms with Crippen molar-refractivity contribution in [3.05, 3.63) is 59.1 Å². The number of nitrogens with zero attached hydrogens (tertiary/aromatic N) is 1. The first-order valence-corrected chi connectivity index (χ1v) is 10.1. The highest BCUT2D eigenvalue weighted by Crippen LogP contribution is 2.23. The third-order valence-corrected chi connectivity index (χ3v) is 5.32. The molecule has 0 aromatic heterocycles. The molecule has 1 saturated heterocycles. The molecule has 2 aromatic carbocycles. The van der Waals surface area contributed by atoms with Crippen molar-refractivity contribution in [1.82, 2.24) is 4.90 Å². The van der Waals surface area contributed by atoms with E-state index in [1.807, 2.05) is 24.3 Å². The Morgan fingerprint density at radius 2 is 1.97 bits per heavy atom. The summed E-state index contributed by atoms with van der Waals surface area (Å²) < 4.78 is 5.70. The molecule has 7 heteroatoms. The van der Waals surface area contributed by atoms with Gasteiger partial charge >= 0.3 is 0 Å². The van der Waals surface area contributed by atoms with E-state index in [0.717, 1.165) is 30.6 Å². The van der Waals surface area contributed by atoms with Crippen LogP contribution in [0.1, 0.15) is 25.3 Å². The molecule has 0 aliphatic carbocycles. The van der Waals surface area contributed by atoms with Gasteiger partial charge in [-0.3, -0.25) is 14.5 Å². The molecule has 2 unspecified atom stereocenters. The van der Waals surface area contributed by atoms with E-state index in [1.54, 1.807) is 31.2 Å². The number of amides is 2. The lowest BCUT2D eigenvalue weighted by atomic mass is 9.97. The standard InChI is InChI=1S/C22H26ClN3O3/c1-15(29-19-10-8-18(23)9-11-19)22(28)25-20-7-3-2-5-16(20)13-26-12-4-6-17(14-26)21(24)27/h2-3,5,7-11,15,17H,4,6,12-14H2,1H3,(H2,24,27)(H,25,28). The van der Waals surface area contributed by atoms with Crippen LogP contribution in [0.15, 0.2) is 48.5 Å². The van der Waals surface area contributed by atoms with Gasteiger partial charge in [-0.1, -0.05) is 29.8 Å². The van der Waals surface area contributed by atoms with Crippen LogP contribution < -0.4 is 15.8 Å². The highest BCUT2D eigenvalue weighted by molar-refractivity contribution is 6.30. The van der Waals surface area contributed by atoms with Crippen molar-refractivity contribution in [3.8, 4) is 5.75 Å². The molecule has 0 saturated carbocycles. The number of halogens is 1. The number of hydrogen-bond acceptors (Lipinski definition) is 4. The Hall–Kier alpha value is -2.57. The second-order valence-electron chi connectivity index (χ2n) is 7.34. The summed E-state index contributed by atoms with van der Waals surface area (Å²) in [5, 5.41) is 3.57. The topological polar surface area (TPSA) is 84.7 Å². The largest absolute Gasteiger partial charge is 0.481 e. The number of benzene rings is 2. The molecule has 1 heterocycles. The normalized spacial score (nSPS) is 18.1. The number of anilines is 1. The summed E-state index contributed by atoms with van der Waals surface area (Å²) in [7, 11) is 0. The van der Waals surface area contributed by atoms with E-state index >= 15 is 0 Å². The van der Waals surface area contributed by atoms with E-state index in [9.17, 15) is 9.59 Å². The fraction of sp³-hybridized carbons (Fsp3) is 0.364. The highest BCUT2D eigenvalue weighted by atomic mass is 35.5. The molecule has 0 spiro atoms. The Labute approximate surface area is 176 Å². The number of carbonyl (C=O) groups excluding carboxylic acids is 2. The van der Waals surface area contributed by atoms with Gasteiger partial charge in [0.2, 0.25) is 5.91 Å². The SMILES string of the molecule is CC(Oc1ccc(Cl)cc1)C(=O)Nc1ccccc1CN1CCCC(C(N)=O)C1. The lowest BCUT2D eigenvalue weighted by Gasteiger charge is -2.31. The van der Waals surface area contributed by atoms with E-state index in [-0.39, 0.29) is 17.7 Å². The third kappa shape index (κ3) is 5.95. The molecule has 154 valence electrons. The summed E-state index contributed by atoms with van der Waals surface area (Å²) in [6.07, 6.45) is 1.11. The van der Waals surface area contributed by atoms with Crippen molar-refractivity contribution in [2.24, 2.45) is 11.7 Å². The number of para-hydroxylation sites is 1. The molecule has 2 amide bonds. The summed E-state index contributed by atoms with van der Waals surface area (Å²) in [6, 6.07) is 14.6. The van der Waals surface area contributed by atoms with Crippen LogP contribution in [0.4, 0.5) is 5.69 Å². The number of rotatable bonds is 7. The Balaban J connectivity index is 1.63. The van der Waals surface area contributed by atoms with Gasteiger partial charge in [0.15, 0.2) is 6.10 Å². The van der Waals surface area contributed by atoms with Crippen LogP contribution in [0, 0.1) is 5.92 Å². The minimum absolute atomic E-state index is 0.113. The second-order valence-corrected chi connectivity index (χ2v) is 7.77. The molecule has 6 nitrogen and oxygen atoms in total. The smallest absolute Gasteiger partial charge is 0.265 e. The molecule has 29 heavy (non-hydrogen) atoms. The van der Waals surface area contributed by atoms with Gasteiger partial charge in [-0.2, -0.15) is 0 Å². The van der Waals surface area contributed by atoms with Gasteiger partial charge in [0.05, 0.1) is 5.92 Å². The number of nitrogens with one attached hydrogen (secondary N) is 1. The van der Waals surface area contributed by atoms with Crippen LogP contribution in [-0.4, -0.2) is 35.9 Å². The summed E-state index contributed by atoms with van der Waals surface area (Å²) >= 11 is 5.88. The predicted molar refractivity (Wildman–Crippen MR) is 114 cm³/mol. The van der Waals surface area contributed by atoms with Crippen LogP contribution in [-0.2, 0) is 16.1 Å². The van der Waals surface area contributed by atoms with E-state index in [4.69, 9.17) is 22.1 Å². The van der Waals surface area contributed by atoms with Crippen molar-refractivity contribution in [1.29, 1.82) is 0 Å². The van der Waals surface area contributed by atoms with Gasteiger partial charge in [-0.15, -0.1) is 0 Å². The Morgan fingerprint density at radius 1 is 1.24 bits per heavy atom. The van der Waals surface area contributed by atoms with Gasteiger partial charge in [-0.05, 0) is 62.2 Å². The minimum Gasteiger partial charge on any atom is -0.481 e. The molecule has 1 fully saturated rings. The second kappa shape index (κ2) is 9.76. The average molecular weight is 416 g/mol. The Kier molecular flexibility index (Phi) is 7.12. The van der Waals surface area contributed by atoms with Crippen LogP contribution in [0.25, 0.3) is 0 Å². The Bertz CT molecular complexity index is 857. The zero-order chi connectivity index (χ0) is 20.8. The van der Waals surface area contributed by atoms with E-state index < -0.39 is 6.10 Å². The quantitative estimate of drug-likeness (QED) is 0.725. The van der Waals surface area contributed by atoms with Crippen LogP contribution >= 0.6 is 11.6 Å². The Morgan fingerprint density at radius 3 is 2.69 bits per heavy atom. The van der Waals surface area contributed by atoms with Crippen molar-refractivity contribution < 1.29 is 14.3 Å². The average Bonchev–Trinajstić information content (AvgIpc) is 2.71. The maximum Gasteiger partial charge on any atom is 0.265 e. The maximum atomic E-state index is 12.6. The molecule has 0 radical (unpaired) electrons. The monoisotopic (exact) mass is 415 g/mol. The minimum atomic E-state index is -0.668. The van der Waals surface area contributed by atoms with Gasteiger partial charge in [0.25, 0.3) is 5.91 Å². The van der Waals surface area contributed by atoms with Crippen LogP contribution in [0.2, 0.25) is 5.02 Å². The van der Waals surface area contributed by atoms with Crippen molar-refractivity contribution in [3.63, 3.8) is 0 Å². The number of piperidine rings is 1. The number of carbonyl (C=O) groups is 2. The highest BCUT2D eigenvalue weighted by Gasteiger charge is 2.24. The molecule has 3 rings (SSSR count). The molecule has 1 aliphatic heterocycles. The van der Waals surface area contributed by atoms with Crippen molar-refractivity contribution >= 4 is 29.1 Å². The van der Waals surface area contributed by atoms with Gasteiger partial charge in [-0.25, -0.2) is 0 Å². The summed E-state index contributed by atoms with van der Waals surface area (Å²) in [5.74, 6) is -0.0139. The number of likely N-dealkylation sites (tertiary alicyclic amines) is 1. The summed E-state index contributed by atoms with van der Waals surface area (Å²) in [6.45, 7) is 3.90. The fourth-order valence-electron chi connectivity index (χ4n) is 3.46. The lowest BCUT2D eigenvalue weighted by molar-refractivity contribution is -0.123. The molecule has 0 bridgehead atoms. The third-order valence-electron chi connectivity index (χ3n) is 5.07. The summed E-state index contributed by atoms with van der Waals surface area (Å²) in [4.78, 5) is 26.4. The fourth-order valence-corrected chi connectivity index (χ4v) is 3.58. The lowest BCUT2D eigenvalue weighted by Crippen LogP contribution is -2.40. The molecular formula is C22H26ClN3O3. The van der Waals surface area contributed by atoms with Crippen LogP contribution in [0.5, 0.6) is 5.75 Å². The first-order chi connectivity index (χ1) is 13.9. The number of hydrogen-bond donors (Lipinski definition) is 2.